The normalized spacial score (nSPS) is 10.1. The molecule has 0 bridgehead atoms. The lowest BCUT2D eigenvalue weighted by atomic mass is 10.1. The number of hydrogen-bond donors (Lipinski definition) is 1. The second-order valence-corrected chi connectivity index (χ2v) is 3.88. The molecule has 2 aromatic carbocycles. The van der Waals surface area contributed by atoms with Gasteiger partial charge in [-0.3, -0.25) is 4.79 Å². The Kier molecular flexibility index (Phi) is 4.05. The molecule has 2 heteroatoms. The van der Waals surface area contributed by atoms with E-state index >= 15 is 0 Å². The van der Waals surface area contributed by atoms with Gasteiger partial charge in [0, 0.05) is 12.1 Å². The molecule has 0 atom stereocenters. The average molecular weight is 225 g/mol. The molecule has 0 aliphatic heterocycles. The van der Waals surface area contributed by atoms with Crippen LogP contribution in [-0.2, 0) is 6.54 Å². The second-order valence-electron chi connectivity index (χ2n) is 3.88. The number of nitrogens with one attached hydrogen (secondary N) is 1. The lowest BCUT2D eigenvalue weighted by Gasteiger charge is -2.04. The summed E-state index contributed by atoms with van der Waals surface area (Å²) >= 11 is 0. The summed E-state index contributed by atoms with van der Waals surface area (Å²) in [6, 6.07) is 19.4. The Morgan fingerprint density at radius 2 is 1.47 bits per heavy atom. The van der Waals surface area contributed by atoms with Gasteiger partial charge in [0.15, 0.2) is 5.78 Å². The van der Waals surface area contributed by atoms with E-state index in [-0.39, 0.29) is 5.78 Å². The first-order valence-electron chi connectivity index (χ1n) is 5.69. The van der Waals surface area contributed by atoms with Gasteiger partial charge < -0.3 is 5.32 Å². The molecule has 0 spiro atoms. The monoisotopic (exact) mass is 225 g/mol. The predicted octanol–water partition coefficient (Wildman–Crippen LogP) is 2.66. The van der Waals surface area contributed by atoms with Crippen LogP contribution >= 0.6 is 0 Å². The fraction of sp³-hybridized carbons (Fsp3) is 0.133. The summed E-state index contributed by atoms with van der Waals surface area (Å²) in [6.07, 6.45) is 0. The lowest BCUT2D eigenvalue weighted by Crippen LogP contribution is -2.22. The number of Topliss-reactive ketones (excluding diaryl/α,β-unsaturated/α-hetero) is 1. The van der Waals surface area contributed by atoms with Gasteiger partial charge in [-0.25, -0.2) is 0 Å². The van der Waals surface area contributed by atoms with E-state index in [4.69, 9.17) is 0 Å². The van der Waals surface area contributed by atoms with E-state index in [0.29, 0.717) is 6.54 Å². The second kappa shape index (κ2) is 5.97. The van der Waals surface area contributed by atoms with Crippen LogP contribution in [0.5, 0.6) is 0 Å². The van der Waals surface area contributed by atoms with Crippen molar-refractivity contribution < 1.29 is 4.79 Å². The molecule has 0 aliphatic carbocycles. The van der Waals surface area contributed by atoms with Crippen LogP contribution in [0, 0.1) is 0 Å². The van der Waals surface area contributed by atoms with Gasteiger partial charge in [-0.15, -0.1) is 0 Å². The summed E-state index contributed by atoms with van der Waals surface area (Å²) in [5.41, 5.74) is 1.95. The van der Waals surface area contributed by atoms with Crippen molar-refractivity contribution in [2.75, 3.05) is 6.54 Å². The molecule has 2 nitrogen and oxygen atoms in total. The van der Waals surface area contributed by atoms with Gasteiger partial charge in [0.1, 0.15) is 0 Å². The highest BCUT2D eigenvalue weighted by Gasteiger charge is 2.03. The van der Waals surface area contributed by atoms with Crippen molar-refractivity contribution in [2.24, 2.45) is 0 Å². The topological polar surface area (TPSA) is 29.1 Å². The van der Waals surface area contributed by atoms with Crippen molar-refractivity contribution in [3.8, 4) is 0 Å². The molecule has 1 N–H and O–H groups in total. The molecule has 2 rings (SSSR count). The zero-order valence-electron chi connectivity index (χ0n) is 9.60. The Bertz CT molecular complexity index is 465. The van der Waals surface area contributed by atoms with E-state index in [1.54, 1.807) is 0 Å². The summed E-state index contributed by atoms with van der Waals surface area (Å²) in [6.45, 7) is 1.10. The SMILES string of the molecule is O=C(CNCc1ccccc1)c1ccccc1. The number of benzene rings is 2. The van der Waals surface area contributed by atoms with Crippen molar-refractivity contribution >= 4 is 5.78 Å². The van der Waals surface area contributed by atoms with E-state index < -0.39 is 0 Å². The van der Waals surface area contributed by atoms with Crippen LogP contribution in [0.4, 0.5) is 0 Å². The zero-order valence-corrected chi connectivity index (χ0v) is 9.60. The summed E-state index contributed by atoms with van der Waals surface area (Å²) in [5, 5.41) is 3.15. The standard InChI is InChI=1S/C15H15NO/c17-15(14-9-5-2-6-10-14)12-16-11-13-7-3-1-4-8-13/h1-10,16H,11-12H2. The first-order chi connectivity index (χ1) is 8.36. The molecule has 17 heavy (non-hydrogen) atoms. The minimum Gasteiger partial charge on any atom is -0.306 e. The summed E-state index contributed by atoms with van der Waals surface area (Å²) in [5.74, 6) is 0.126. The van der Waals surface area contributed by atoms with Gasteiger partial charge in [-0.05, 0) is 5.56 Å². The fourth-order valence-corrected chi connectivity index (χ4v) is 1.64. The Labute approximate surface area is 101 Å². The summed E-state index contributed by atoms with van der Waals surface area (Å²) in [7, 11) is 0. The number of hydrogen-bond acceptors (Lipinski definition) is 2. The smallest absolute Gasteiger partial charge is 0.176 e. The highest BCUT2D eigenvalue weighted by molar-refractivity contribution is 5.97. The Balaban J connectivity index is 1.82. The Morgan fingerprint density at radius 3 is 2.12 bits per heavy atom. The van der Waals surface area contributed by atoms with Crippen molar-refractivity contribution in [1.82, 2.24) is 5.32 Å². The molecule has 0 heterocycles. The number of rotatable bonds is 5. The molecule has 0 unspecified atom stereocenters. The average Bonchev–Trinajstić information content (AvgIpc) is 2.41. The Hall–Kier alpha value is -1.93. The predicted molar refractivity (Wildman–Crippen MR) is 68.9 cm³/mol. The van der Waals surface area contributed by atoms with E-state index in [1.165, 1.54) is 5.56 Å². The summed E-state index contributed by atoms with van der Waals surface area (Å²) in [4.78, 5) is 11.8. The van der Waals surface area contributed by atoms with Crippen LogP contribution in [0.25, 0.3) is 0 Å². The molecule has 2 aromatic rings. The van der Waals surface area contributed by atoms with Gasteiger partial charge >= 0.3 is 0 Å². The molecule has 0 saturated carbocycles. The van der Waals surface area contributed by atoms with Gasteiger partial charge in [0.25, 0.3) is 0 Å². The molecule has 0 saturated heterocycles. The van der Waals surface area contributed by atoms with Crippen LogP contribution in [0.3, 0.4) is 0 Å². The van der Waals surface area contributed by atoms with Crippen LogP contribution in [0.1, 0.15) is 15.9 Å². The molecule has 0 aliphatic rings. The third kappa shape index (κ3) is 3.54. The molecule has 0 aromatic heterocycles. The van der Waals surface area contributed by atoms with E-state index in [9.17, 15) is 4.79 Å². The number of carbonyl (C=O) groups is 1. The molecule has 0 fully saturated rings. The maximum absolute atomic E-state index is 11.8. The molecule has 0 radical (unpaired) electrons. The van der Waals surface area contributed by atoms with E-state index in [0.717, 1.165) is 12.1 Å². The number of ketones is 1. The van der Waals surface area contributed by atoms with Crippen molar-refractivity contribution in [3.05, 3.63) is 71.8 Å². The Morgan fingerprint density at radius 1 is 0.882 bits per heavy atom. The van der Waals surface area contributed by atoms with Crippen molar-refractivity contribution in [2.45, 2.75) is 6.54 Å². The maximum atomic E-state index is 11.8. The molecule has 86 valence electrons. The van der Waals surface area contributed by atoms with Gasteiger partial charge in [0.05, 0.1) is 6.54 Å². The molecule has 0 amide bonds. The van der Waals surface area contributed by atoms with Crippen LogP contribution in [0.15, 0.2) is 60.7 Å². The van der Waals surface area contributed by atoms with E-state index in [2.05, 4.69) is 5.32 Å². The van der Waals surface area contributed by atoms with Gasteiger partial charge in [-0.2, -0.15) is 0 Å². The van der Waals surface area contributed by atoms with Gasteiger partial charge in [-0.1, -0.05) is 60.7 Å². The van der Waals surface area contributed by atoms with Crippen LogP contribution in [0.2, 0.25) is 0 Å². The number of carbonyl (C=O) groups excluding carboxylic acids is 1. The lowest BCUT2D eigenvalue weighted by molar-refractivity contribution is 0.0991. The molecular weight excluding hydrogens is 210 g/mol. The quantitative estimate of drug-likeness (QED) is 0.793. The van der Waals surface area contributed by atoms with Crippen molar-refractivity contribution in [1.29, 1.82) is 0 Å². The maximum Gasteiger partial charge on any atom is 0.176 e. The first-order valence-corrected chi connectivity index (χ1v) is 5.69. The summed E-state index contributed by atoms with van der Waals surface area (Å²) < 4.78 is 0. The highest BCUT2D eigenvalue weighted by atomic mass is 16.1. The minimum absolute atomic E-state index is 0.126. The van der Waals surface area contributed by atoms with E-state index in [1.807, 2.05) is 60.7 Å². The minimum atomic E-state index is 0.126. The van der Waals surface area contributed by atoms with Crippen LogP contribution in [-0.4, -0.2) is 12.3 Å². The third-order valence-electron chi connectivity index (χ3n) is 2.55. The van der Waals surface area contributed by atoms with Crippen molar-refractivity contribution in [3.63, 3.8) is 0 Å². The van der Waals surface area contributed by atoms with Gasteiger partial charge in [0.2, 0.25) is 0 Å². The zero-order chi connectivity index (χ0) is 11.9. The highest BCUT2D eigenvalue weighted by Crippen LogP contribution is 2.00. The largest absolute Gasteiger partial charge is 0.306 e. The first kappa shape index (κ1) is 11.6. The fourth-order valence-electron chi connectivity index (χ4n) is 1.64. The van der Waals surface area contributed by atoms with Crippen LogP contribution < -0.4 is 5.32 Å². The molecular formula is C15H15NO. The third-order valence-corrected chi connectivity index (χ3v) is 2.55.